The van der Waals surface area contributed by atoms with Crippen molar-refractivity contribution in [1.29, 1.82) is 0 Å². The third-order valence-electron chi connectivity index (χ3n) is 4.82. The number of esters is 1. The number of likely N-dealkylation sites (N-methyl/N-ethyl adjacent to an activating group) is 1. The maximum absolute atomic E-state index is 12.6. The van der Waals surface area contributed by atoms with Gasteiger partial charge in [0.2, 0.25) is 5.91 Å². The van der Waals surface area contributed by atoms with E-state index in [-0.39, 0.29) is 18.4 Å². The molecule has 0 radical (unpaired) electrons. The number of amides is 2. The maximum atomic E-state index is 12.6. The Bertz CT molecular complexity index is 898. The molecular formula is C22H24N2O4S. The summed E-state index contributed by atoms with van der Waals surface area (Å²) in [7, 11) is 1.68. The Morgan fingerprint density at radius 2 is 1.86 bits per heavy atom. The Morgan fingerprint density at radius 3 is 2.52 bits per heavy atom. The van der Waals surface area contributed by atoms with Crippen molar-refractivity contribution >= 4 is 35.2 Å². The molecule has 3 rings (SSSR count). The molecule has 0 N–H and O–H groups in total. The first-order valence-electron chi connectivity index (χ1n) is 9.43. The van der Waals surface area contributed by atoms with E-state index in [1.807, 2.05) is 30.5 Å². The first kappa shape index (κ1) is 20.9. The van der Waals surface area contributed by atoms with E-state index in [1.54, 1.807) is 48.0 Å². The predicted octanol–water partition coefficient (Wildman–Crippen LogP) is 3.35. The van der Waals surface area contributed by atoms with Crippen molar-refractivity contribution in [2.75, 3.05) is 31.4 Å². The fourth-order valence-corrected chi connectivity index (χ4v) is 3.60. The standard InChI is InChI=1S/C22H24N2O4S/c1-23(14-16-9-11-17(29-2)12-10-16)21(26)15-28-22(27)18-6-3-4-7-19(18)24-13-5-8-20(24)25/h3-4,6-7,9-12H,5,8,13-15H2,1-2H3. The minimum absolute atomic E-state index is 0.00597. The van der Waals surface area contributed by atoms with Crippen LogP contribution in [0.15, 0.2) is 53.4 Å². The largest absolute Gasteiger partial charge is 0.452 e. The summed E-state index contributed by atoms with van der Waals surface area (Å²) >= 11 is 1.66. The van der Waals surface area contributed by atoms with Crippen molar-refractivity contribution in [3.8, 4) is 0 Å². The van der Waals surface area contributed by atoms with Crippen molar-refractivity contribution in [2.24, 2.45) is 0 Å². The average Bonchev–Trinajstić information content (AvgIpc) is 3.18. The number of hydrogen-bond donors (Lipinski definition) is 0. The van der Waals surface area contributed by atoms with Crippen LogP contribution in [0, 0.1) is 0 Å². The van der Waals surface area contributed by atoms with E-state index in [4.69, 9.17) is 4.74 Å². The summed E-state index contributed by atoms with van der Waals surface area (Å²) in [5.41, 5.74) is 1.84. The van der Waals surface area contributed by atoms with Crippen molar-refractivity contribution in [2.45, 2.75) is 24.3 Å². The van der Waals surface area contributed by atoms with Crippen LogP contribution >= 0.6 is 11.8 Å². The van der Waals surface area contributed by atoms with E-state index < -0.39 is 5.97 Å². The second kappa shape index (κ2) is 9.60. The monoisotopic (exact) mass is 412 g/mol. The molecule has 1 heterocycles. The fraction of sp³-hybridized carbons (Fsp3) is 0.318. The molecule has 0 saturated carbocycles. The second-order valence-corrected chi connectivity index (χ2v) is 7.72. The zero-order chi connectivity index (χ0) is 20.8. The van der Waals surface area contributed by atoms with Gasteiger partial charge in [-0.05, 0) is 42.5 Å². The van der Waals surface area contributed by atoms with Crippen molar-refractivity contribution < 1.29 is 19.1 Å². The summed E-state index contributed by atoms with van der Waals surface area (Å²) < 4.78 is 5.25. The molecule has 2 aromatic rings. The van der Waals surface area contributed by atoms with Gasteiger partial charge in [0.05, 0.1) is 11.3 Å². The van der Waals surface area contributed by atoms with Crippen molar-refractivity contribution in [3.63, 3.8) is 0 Å². The smallest absolute Gasteiger partial charge is 0.340 e. The highest BCUT2D eigenvalue weighted by molar-refractivity contribution is 7.98. The van der Waals surface area contributed by atoms with Crippen LogP contribution in [0.5, 0.6) is 0 Å². The molecule has 6 nitrogen and oxygen atoms in total. The minimum Gasteiger partial charge on any atom is -0.452 e. The molecular weight excluding hydrogens is 388 g/mol. The summed E-state index contributed by atoms with van der Waals surface area (Å²) in [5.74, 6) is -0.901. The Morgan fingerprint density at radius 1 is 1.14 bits per heavy atom. The number of para-hydroxylation sites is 1. The van der Waals surface area contributed by atoms with Crippen LogP contribution in [-0.2, 0) is 20.9 Å². The summed E-state index contributed by atoms with van der Waals surface area (Å²) in [6.45, 7) is 0.671. The van der Waals surface area contributed by atoms with Gasteiger partial charge in [-0.2, -0.15) is 0 Å². The summed E-state index contributed by atoms with van der Waals surface area (Å²) in [4.78, 5) is 41.2. The normalized spacial score (nSPS) is 13.4. The highest BCUT2D eigenvalue weighted by Crippen LogP contribution is 2.26. The van der Waals surface area contributed by atoms with Crippen LogP contribution in [0.1, 0.15) is 28.8 Å². The number of nitrogens with zero attached hydrogens (tertiary/aromatic N) is 2. The van der Waals surface area contributed by atoms with Gasteiger partial charge in [-0.3, -0.25) is 9.59 Å². The Kier molecular flexibility index (Phi) is 6.93. The summed E-state index contributed by atoms with van der Waals surface area (Å²) in [6, 6.07) is 14.8. The number of hydrogen-bond acceptors (Lipinski definition) is 5. The molecule has 0 aliphatic carbocycles. The molecule has 7 heteroatoms. The molecule has 29 heavy (non-hydrogen) atoms. The quantitative estimate of drug-likeness (QED) is 0.515. The highest BCUT2D eigenvalue weighted by Gasteiger charge is 2.26. The zero-order valence-corrected chi connectivity index (χ0v) is 17.4. The number of ether oxygens (including phenoxy) is 1. The fourth-order valence-electron chi connectivity index (χ4n) is 3.19. The molecule has 152 valence electrons. The predicted molar refractivity (Wildman–Crippen MR) is 113 cm³/mol. The van der Waals surface area contributed by atoms with Gasteiger partial charge in [0, 0.05) is 31.5 Å². The number of thioether (sulfide) groups is 1. The molecule has 1 aliphatic heterocycles. The highest BCUT2D eigenvalue weighted by atomic mass is 32.2. The number of carbonyl (C=O) groups is 3. The van der Waals surface area contributed by atoms with E-state index in [9.17, 15) is 14.4 Å². The van der Waals surface area contributed by atoms with Crippen LogP contribution in [0.25, 0.3) is 0 Å². The number of rotatable bonds is 7. The Labute approximate surface area is 174 Å². The van der Waals surface area contributed by atoms with E-state index in [2.05, 4.69) is 0 Å². The van der Waals surface area contributed by atoms with E-state index in [0.29, 0.717) is 30.8 Å². The van der Waals surface area contributed by atoms with E-state index in [1.165, 1.54) is 4.90 Å². The third kappa shape index (κ3) is 5.17. The first-order valence-corrected chi connectivity index (χ1v) is 10.7. The molecule has 2 amide bonds. The Hall–Kier alpha value is -2.80. The zero-order valence-electron chi connectivity index (χ0n) is 16.6. The van der Waals surface area contributed by atoms with Crippen LogP contribution < -0.4 is 4.90 Å². The molecule has 0 aromatic heterocycles. The van der Waals surface area contributed by atoms with Gasteiger partial charge in [-0.1, -0.05) is 24.3 Å². The summed E-state index contributed by atoms with van der Waals surface area (Å²) in [6.07, 6.45) is 3.25. The molecule has 0 spiro atoms. The van der Waals surface area contributed by atoms with Gasteiger partial charge in [-0.25, -0.2) is 4.79 Å². The maximum Gasteiger partial charge on any atom is 0.340 e. The number of carbonyl (C=O) groups excluding carboxylic acids is 3. The SMILES string of the molecule is CSc1ccc(CN(C)C(=O)COC(=O)c2ccccc2N2CCCC2=O)cc1. The van der Waals surface area contributed by atoms with Gasteiger partial charge in [0.1, 0.15) is 0 Å². The lowest BCUT2D eigenvalue weighted by Crippen LogP contribution is -2.31. The lowest BCUT2D eigenvalue weighted by molar-refractivity contribution is -0.133. The van der Waals surface area contributed by atoms with Gasteiger partial charge in [0.15, 0.2) is 6.61 Å². The van der Waals surface area contributed by atoms with Gasteiger partial charge >= 0.3 is 5.97 Å². The minimum atomic E-state index is -0.605. The lowest BCUT2D eigenvalue weighted by Gasteiger charge is -2.20. The second-order valence-electron chi connectivity index (χ2n) is 6.84. The molecule has 0 atom stereocenters. The number of anilines is 1. The van der Waals surface area contributed by atoms with Gasteiger partial charge in [-0.15, -0.1) is 11.8 Å². The summed E-state index contributed by atoms with van der Waals surface area (Å²) in [5, 5.41) is 0. The van der Waals surface area contributed by atoms with E-state index in [0.717, 1.165) is 16.9 Å². The van der Waals surface area contributed by atoms with Crippen LogP contribution in [0.4, 0.5) is 5.69 Å². The average molecular weight is 413 g/mol. The molecule has 2 aromatic carbocycles. The number of benzene rings is 2. The van der Waals surface area contributed by atoms with Crippen LogP contribution in [-0.4, -0.2) is 49.1 Å². The van der Waals surface area contributed by atoms with Gasteiger partial charge in [0.25, 0.3) is 5.91 Å². The molecule has 1 aliphatic rings. The molecule has 0 bridgehead atoms. The van der Waals surface area contributed by atoms with Crippen LogP contribution in [0.2, 0.25) is 0 Å². The topological polar surface area (TPSA) is 66.9 Å². The third-order valence-corrected chi connectivity index (χ3v) is 5.56. The molecule has 1 fully saturated rings. The van der Waals surface area contributed by atoms with Crippen molar-refractivity contribution in [1.82, 2.24) is 4.90 Å². The van der Waals surface area contributed by atoms with E-state index >= 15 is 0 Å². The Balaban J connectivity index is 1.58. The lowest BCUT2D eigenvalue weighted by atomic mass is 10.1. The van der Waals surface area contributed by atoms with Gasteiger partial charge < -0.3 is 14.5 Å². The van der Waals surface area contributed by atoms with Crippen molar-refractivity contribution in [3.05, 3.63) is 59.7 Å². The molecule has 0 unspecified atom stereocenters. The van der Waals surface area contributed by atoms with Crippen LogP contribution in [0.3, 0.4) is 0 Å². The first-order chi connectivity index (χ1) is 14.0. The molecule has 1 saturated heterocycles.